The van der Waals surface area contributed by atoms with Crippen molar-refractivity contribution in [3.63, 3.8) is 0 Å². The molecule has 1 rings (SSSR count). The average molecular weight is 264 g/mol. The van der Waals surface area contributed by atoms with Crippen LogP contribution in [0.4, 0.5) is 11.4 Å². The summed E-state index contributed by atoms with van der Waals surface area (Å²) in [6.45, 7) is 5.69. The third-order valence-electron chi connectivity index (χ3n) is 2.85. The van der Waals surface area contributed by atoms with Crippen LogP contribution in [0.2, 0.25) is 0 Å². The molecule has 0 bridgehead atoms. The molecule has 0 aliphatic carbocycles. The molecular formula is C15H24N2O2. The molecule has 1 aromatic rings. The summed E-state index contributed by atoms with van der Waals surface area (Å²) in [6.07, 6.45) is 2.89. The van der Waals surface area contributed by atoms with Gasteiger partial charge in [-0.15, -0.1) is 0 Å². The number of hydrogen-bond donors (Lipinski definition) is 1. The Morgan fingerprint density at radius 1 is 1.26 bits per heavy atom. The number of nitrogens with two attached hydrogens (primary N) is 1. The molecule has 1 aromatic carbocycles. The quantitative estimate of drug-likeness (QED) is 0.445. The van der Waals surface area contributed by atoms with E-state index in [4.69, 9.17) is 10.5 Å². The second kappa shape index (κ2) is 8.40. The van der Waals surface area contributed by atoms with Crippen LogP contribution in [0.25, 0.3) is 0 Å². The minimum atomic E-state index is -0.190. The lowest BCUT2D eigenvalue weighted by atomic mass is 10.2. The molecule has 0 amide bonds. The first-order chi connectivity index (χ1) is 9.19. The summed E-state index contributed by atoms with van der Waals surface area (Å²) in [7, 11) is 0. The highest BCUT2D eigenvalue weighted by atomic mass is 16.5. The number of esters is 1. The Morgan fingerprint density at radius 2 is 2.00 bits per heavy atom. The number of carbonyl (C=O) groups excluding carboxylic acids is 1. The molecule has 2 N–H and O–H groups in total. The van der Waals surface area contributed by atoms with E-state index in [-0.39, 0.29) is 12.5 Å². The molecule has 4 heteroatoms. The Kier molecular flexibility index (Phi) is 6.79. The van der Waals surface area contributed by atoms with E-state index in [0.717, 1.165) is 31.5 Å². The molecular weight excluding hydrogens is 240 g/mol. The molecule has 0 radical (unpaired) electrons. The monoisotopic (exact) mass is 264 g/mol. The fourth-order valence-corrected chi connectivity index (χ4v) is 1.86. The third kappa shape index (κ3) is 5.20. The van der Waals surface area contributed by atoms with Crippen LogP contribution in [-0.4, -0.2) is 25.7 Å². The van der Waals surface area contributed by atoms with Gasteiger partial charge in [-0.05, 0) is 25.0 Å². The molecule has 0 aliphatic heterocycles. The van der Waals surface area contributed by atoms with Crippen molar-refractivity contribution in [1.82, 2.24) is 0 Å². The molecule has 0 fully saturated rings. The maximum atomic E-state index is 11.8. The van der Waals surface area contributed by atoms with Crippen molar-refractivity contribution in [2.75, 3.05) is 30.3 Å². The molecule has 19 heavy (non-hydrogen) atoms. The van der Waals surface area contributed by atoms with Gasteiger partial charge in [-0.25, -0.2) is 0 Å². The van der Waals surface area contributed by atoms with Gasteiger partial charge in [-0.1, -0.05) is 32.4 Å². The number of ether oxygens (including phenoxy) is 1. The van der Waals surface area contributed by atoms with Gasteiger partial charge in [-0.2, -0.15) is 0 Å². The first kappa shape index (κ1) is 15.3. The maximum absolute atomic E-state index is 11.8. The van der Waals surface area contributed by atoms with E-state index in [1.54, 1.807) is 0 Å². The molecule has 0 atom stereocenters. The smallest absolute Gasteiger partial charge is 0.325 e. The predicted molar refractivity (Wildman–Crippen MR) is 79.2 cm³/mol. The number of unbranched alkanes of at least 4 members (excludes halogenated alkanes) is 1. The second-order valence-electron chi connectivity index (χ2n) is 4.55. The van der Waals surface area contributed by atoms with Gasteiger partial charge in [0, 0.05) is 6.54 Å². The lowest BCUT2D eigenvalue weighted by Gasteiger charge is -2.24. The van der Waals surface area contributed by atoms with Crippen molar-refractivity contribution in [3.8, 4) is 0 Å². The van der Waals surface area contributed by atoms with Crippen molar-refractivity contribution in [2.24, 2.45) is 0 Å². The molecule has 106 valence electrons. The Morgan fingerprint density at radius 3 is 2.63 bits per heavy atom. The van der Waals surface area contributed by atoms with Crippen LogP contribution >= 0.6 is 0 Å². The first-order valence-electron chi connectivity index (χ1n) is 6.94. The van der Waals surface area contributed by atoms with Gasteiger partial charge in [0.2, 0.25) is 0 Å². The van der Waals surface area contributed by atoms with Crippen LogP contribution in [0, 0.1) is 0 Å². The Labute approximate surface area is 115 Å². The fraction of sp³-hybridized carbons (Fsp3) is 0.533. The van der Waals surface area contributed by atoms with Crippen molar-refractivity contribution in [2.45, 2.75) is 33.1 Å². The number of carbonyl (C=O) groups is 1. The zero-order valence-corrected chi connectivity index (χ0v) is 11.9. The highest BCUT2D eigenvalue weighted by Gasteiger charge is 2.13. The molecule has 0 spiro atoms. The van der Waals surface area contributed by atoms with E-state index in [9.17, 15) is 4.79 Å². The SMILES string of the molecule is CCCCOC(=O)CN(CCC)c1ccccc1N. The minimum Gasteiger partial charge on any atom is -0.464 e. The van der Waals surface area contributed by atoms with Gasteiger partial charge in [0.25, 0.3) is 0 Å². The van der Waals surface area contributed by atoms with E-state index in [2.05, 4.69) is 13.8 Å². The van der Waals surface area contributed by atoms with Gasteiger partial charge in [0.1, 0.15) is 6.54 Å². The number of anilines is 2. The number of nitrogen functional groups attached to an aromatic ring is 1. The summed E-state index contributed by atoms with van der Waals surface area (Å²) >= 11 is 0. The third-order valence-corrected chi connectivity index (χ3v) is 2.85. The molecule has 0 saturated carbocycles. The predicted octanol–water partition coefficient (Wildman–Crippen LogP) is 2.83. The summed E-state index contributed by atoms with van der Waals surface area (Å²) in [5.41, 5.74) is 7.55. The number of nitrogens with zero attached hydrogens (tertiary/aromatic N) is 1. The molecule has 0 heterocycles. The van der Waals surface area contributed by atoms with Crippen molar-refractivity contribution < 1.29 is 9.53 Å². The summed E-state index contributed by atoms with van der Waals surface area (Å²) in [5, 5.41) is 0. The summed E-state index contributed by atoms with van der Waals surface area (Å²) in [5.74, 6) is -0.190. The van der Waals surface area contributed by atoms with Crippen molar-refractivity contribution in [1.29, 1.82) is 0 Å². The number of hydrogen-bond acceptors (Lipinski definition) is 4. The van der Waals surface area contributed by atoms with Crippen molar-refractivity contribution >= 4 is 17.3 Å². The molecule has 0 aliphatic rings. The normalized spacial score (nSPS) is 10.2. The average Bonchev–Trinajstić information content (AvgIpc) is 2.39. The zero-order valence-electron chi connectivity index (χ0n) is 11.9. The van der Waals surface area contributed by atoms with Crippen LogP contribution in [0.15, 0.2) is 24.3 Å². The van der Waals surface area contributed by atoms with E-state index in [1.807, 2.05) is 29.2 Å². The van der Waals surface area contributed by atoms with Gasteiger partial charge in [0.05, 0.1) is 18.0 Å². The Balaban J connectivity index is 2.63. The first-order valence-corrected chi connectivity index (χ1v) is 6.94. The number of para-hydroxylation sites is 2. The second-order valence-corrected chi connectivity index (χ2v) is 4.55. The number of benzene rings is 1. The standard InChI is InChI=1S/C15H24N2O2/c1-3-5-11-19-15(18)12-17(10-4-2)14-9-7-6-8-13(14)16/h6-9H,3-5,10-12,16H2,1-2H3. The number of rotatable bonds is 8. The molecule has 4 nitrogen and oxygen atoms in total. The summed E-state index contributed by atoms with van der Waals surface area (Å²) in [4.78, 5) is 13.8. The Hall–Kier alpha value is -1.71. The topological polar surface area (TPSA) is 55.6 Å². The molecule has 0 aromatic heterocycles. The molecule has 0 unspecified atom stereocenters. The maximum Gasteiger partial charge on any atom is 0.325 e. The van der Waals surface area contributed by atoms with Gasteiger partial charge in [0.15, 0.2) is 0 Å². The van der Waals surface area contributed by atoms with E-state index in [0.29, 0.717) is 12.3 Å². The summed E-state index contributed by atoms with van der Waals surface area (Å²) < 4.78 is 5.20. The van der Waals surface area contributed by atoms with E-state index in [1.165, 1.54) is 0 Å². The lowest BCUT2D eigenvalue weighted by Crippen LogP contribution is -2.32. The highest BCUT2D eigenvalue weighted by Crippen LogP contribution is 2.22. The van der Waals surface area contributed by atoms with Crippen LogP contribution in [-0.2, 0) is 9.53 Å². The lowest BCUT2D eigenvalue weighted by molar-refractivity contribution is -0.142. The van der Waals surface area contributed by atoms with Gasteiger partial charge in [-0.3, -0.25) is 4.79 Å². The van der Waals surface area contributed by atoms with Crippen molar-refractivity contribution in [3.05, 3.63) is 24.3 Å². The van der Waals surface area contributed by atoms with E-state index < -0.39 is 0 Å². The summed E-state index contributed by atoms with van der Waals surface area (Å²) in [6, 6.07) is 7.60. The highest BCUT2D eigenvalue weighted by molar-refractivity contribution is 5.78. The van der Waals surface area contributed by atoms with Gasteiger partial charge < -0.3 is 15.4 Å². The molecule has 0 saturated heterocycles. The van der Waals surface area contributed by atoms with Crippen LogP contribution in [0.1, 0.15) is 33.1 Å². The zero-order chi connectivity index (χ0) is 14.1. The van der Waals surface area contributed by atoms with Crippen LogP contribution < -0.4 is 10.6 Å². The van der Waals surface area contributed by atoms with E-state index >= 15 is 0 Å². The fourth-order valence-electron chi connectivity index (χ4n) is 1.86. The van der Waals surface area contributed by atoms with Crippen LogP contribution in [0.3, 0.4) is 0 Å². The Bertz CT molecular complexity index is 393. The largest absolute Gasteiger partial charge is 0.464 e. The van der Waals surface area contributed by atoms with Crippen LogP contribution in [0.5, 0.6) is 0 Å². The van der Waals surface area contributed by atoms with Gasteiger partial charge >= 0.3 is 5.97 Å². The minimum absolute atomic E-state index is 0.190.